The van der Waals surface area contributed by atoms with Crippen LogP contribution in [-0.4, -0.2) is 22.5 Å². The highest BCUT2D eigenvalue weighted by molar-refractivity contribution is 7.17. The van der Waals surface area contributed by atoms with Gasteiger partial charge in [-0.1, -0.05) is 29.5 Å². The van der Waals surface area contributed by atoms with Crippen molar-refractivity contribution in [3.8, 4) is 0 Å². The summed E-state index contributed by atoms with van der Waals surface area (Å²) >= 11 is 1.13. The average molecular weight is 346 g/mol. The zero-order chi connectivity index (χ0) is 17.9. The van der Waals surface area contributed by atoms with Gasteiger partial charge in [0.1, 0.15) is 4.88 Å². The molecule has 0 fully saturated rings. The van der Waals surface area contributed by atoms with Crippen molar-refractivity contribution < 1.29 is 9.59 Å². The van der Waals surface area contributed by atoms with Gasteiger partial charge in [-0.3, -0.25) is 10.1 Å². The van der Waals surface area contributed by atoms with Gasteiger partial charge in [0.2, 0.25) is 0 Å². The van der Waals surface area contributed by atoms with Gasteiger partial charge in [-0.05, 0) is 45.7 Å². The summed E-state index contributed by atoms with van der Waals surface area (Å²) < 4.78 is 0. The van der Waals surface area contributed by atoms with Gasteiger partial charge in [-0.25, -0.2) is 9.78 Å². The number of benzene rings is 1. The fraction of sp³-hybridized carbons (Fsp3) is 0.353. The molecule has 2 rings (SSSR count). The molecule has 7 heteroatoms. The molecule has 128 valence electrons. The molecule has 0 atom stereocenters. The molecule has 3 N–H and O–H groups in total. The minimum atomic E-state index is -0.349. The van der Waals surface area contributed by atoms with E-state index in [2.05, 4.69) is 20.9 Å². The van der Waals surface area contributed by atoms with Crippen LogP contribution in [0.5, 0.6) is 0 Å². The lowest BCUT2D eigenvalue weighted by atomic mass is 10.1. The number of rotatable bonds is 3. The number of nitrogens with one attached hydrogen (secondary N) is 3. The van der Waals surface area contributed by atoms with Crippen LogP contribution >= 0.6 is 11.3 Å². The van der Waals surface area contributed by atoms with Crippen LogP contribution in [0.25, 0.3) is 0 Å². The Labute approximate surface area is 145 Å². The minimum Gasteiger partial charge on any atom is -0.333 e. The first-order valence-corrected chi connectivity index (χ1v) is 8.40. The molecule has 0 aliphatic rings. The molecule has 0 saturated heterocycles. The maximum absolute atomic E-state index is 12.4. The van der Waals surface area contributed by atoms with Crippen molar-refractivity contribution in [3.63, 3.8) is 0 Å². The number of carbonyl (C=O) groups is 2. The number of urea groups is 1. The lowest BCUT2D eigenvalue weighted by molar-refractivity contribution is 0.103. The number of thiazole rings is 1. The second kappa shape index (κ2) is 7.00. The molecule has 0 spiro atoms. The Morgan fingerprint density at radius 3 is 2.29 bits per heavy atom. The molecule has 0 radical (unpaired) electrons. The molecule has 0 saturated carbocycles. The molecule has 24 heavy (non-hydrogen) atoms. The quantitative estimate of drug-likeness (QED) is 0.787. The summed E-state index contributed by atoms with van der Waals surface area (Å²) in [6, 6.07) is 5.49. The minimum absolute atomic E-state index is 0.242. The highest BCUT2D eigenvalue weighted by Gasteiger charge is 2.17. The van der Waals surface area contributed by atoms with Crippen molar-refractivity contribution >= 4 is 34.1 Å². The van der Waals surface area contributed by atoms with Crippen LogP contribution in [0, 0.1) is 13.8 Å². The number of aryl methyl sites for hydroxylation is 2. The SMILES string of the molecule is Cc1cccc(C)c1NC(=O)c1cnc(NC(=O)NC(C)(C)C)s1. The van der Waals surface area contributed by atoms with Crippen molar-refractivity contribution in [3.05, 3.63) is 40.4 Å². The highest BCUT2D eigenvalue weighted by atomic mass is 32.1. The first kappa shape index (κ1) is 17.9. The van der Waals surface area contributed by atoms with Crippen molar-refractivity contribution in [1.82, 2.24) is 10.3 Å². The monoisotopic (exact) mass is 346 g/mol. The third kappa shape index (κ3) is 4.79. The largest absolute Gasteiger partial charge is 0.333 e. The molecule has 0 bridgehead atoms. The van der Waals surface area contributed by atoms with Gasteiger partial charge in [-0.2, -0.15) is 0 Å². The summed E-state index contributed by atoms with van der Waals surface area (Å²) in [4.78, 5) is 28.7. The van der Waals surface area contributed by atoms with E-state index in [0.717, 1.165) is 28.2 Å². The van der Waals surface area contributed by atoms with Crippen molar-refractivity contribution in [2.75, 3.05) is 10.6 Å². The fourth-order valence-corrected chi connectivity index (χ4v) is 2.80. The predicted molar refractivity (Wildman–Crippen MR) is 97.9 cm³/mol. The van der Waals surface area contributed by atoms with Gasteiger partial charge in [0.25, 0.3) is 5.91 Å². The number of hydrogen-bond donors (Lipinski definition) is 3. The van der Waals surface area contributed by atoms with Crippen LogP contribution in [0.4, 0.5) is 15.6 Å². The average Bonchev–Trinajstić information content (AvgIpc) is 2.89. The van der Waals surface area contributed by atoms with Gasteiger partial charge in [0.05, 0.1) is 6.20 Å². The van der Waals surface area contributed by atoms with E-state index in [1.165, 1.54) is 6.20 Å². The topological polar surface area (TPSA) is 83.1 Å². The highest BCUT2D eigenvalue weighted by Crippen LogP contribution is 2.23. The number of anilines is 2. The van der Waals surface area contributed by atoms with E-state index in [-0.39, 0.29) is 17.5 Å². The Kier molecular flexibility index (Phi) is 5.23. The number of carbonyl (C=O) groups excluding carboxylic acids is 2. The predicted octanol–water partition coefficient (Wildman–Crippen LogP) is 3.93. The molecule has 0 aliphatic heterocycles. The first-order valence-electron chi connectivity index (χ1n) is 7.58. The molecule has 1 aromatic heterocycles. The van der Waals surface area contributed by atoms with Crippen molar-refractivity contribution in [1.29, 1.82) is 0 Å². The number of aromatic nitrogens is 1. The molecular formula is C17H22N4O2S. The molecule has 1 heterocycles. The summed E-state index contributed by atoms with van der Waals surface area (Å²) in [5.41, 5.74) is 2.45. The summed E-state index contributed by atoms with van der Waals surface area (Å²) in [7, 11) is 0. The van der Waals surface area contributed by atoms with E-state index < -0.39 is 0 Å². The standard InChI is InChI=1S/C17H22N4O2S/c1-10-7-6-8-11(2)13(10)19-14(22)12-9-18-16(24-12)20-15(23)21-17(3,4)5/h6-9H,1-5H3,(H,19,22)(H2,18,20,21,23). The van der Waals surface area contributed by atoms with Gasteiger partial charge in [0.15, 0.2) is 5.13 Å². The lowest BCUT2D eigenvalue weighted by Crippen LogP contribution is -2.43. The zero-order valence-corrected chi connectivity index (χ0v) is 15.3. The summed E-state index contributed by atoms with van der Waals surface area (Å²) in [6.07, 6.45) is 1.46. The number of para-hydroxylation sites is 1. The summed E-state index contributed by atoms with van der Waals surface area (Å²) in [5.74, 6) is -0.242. The molecular weight excluding hydrogens is 324 g/mol. The molecule has 2 aromatic rings. The fourth-order valence-electron chi connectivity index (χ4n) is 2.09. The van der Waals surface area contributed by atoms with Crippen LogP contribution < -0.4 is 16.0 Å². The van der Waals surface area contributed by atoms with E-state index in [9.17, 15) is 9.59 Å². The van der Waals surface area contributed by atoms with E-state index in [4.69, 9.17) is 0 Å². The van der Waals surface area contributed by atoms with Gasteiger partial charge >= 0.3 is 6.03 Å². The summed E-state index contributed by atoms with van der Waals surface area (Å²) in [5, 5.41) is 8.70. The molecule has 1 aromatic carbocycles. The summed E-state index contributed by atoms with van der Waals surface area (Å²) in [6.45, 7) is 9.55. The number of hydrogen-bond acceptors (Lipinski definition) is 4. The van der Waals surface area contributed by atoms with Crippen LogP contribution in [0.3, 0.4) is 0 Å². The van der Waals surface area contributed by atoms with Crippen LogP contribution in [-0.2, 0) is 0 Å². The first-order chi connectivity index (χ1) is 11.2. The second-order valence-corrected chi connectivity index (χ2v) is 7.61. The number of amides is 3. The zero-order valence-electron chi connectivity index (χ0n) is 14.5. The van der Waals surface area contributed by atoms with Crippen LogP contribution in [0.2, 0.25) is 0 Å². The van der Waals surface area contributed by atoms with Crippen LogP contribution in [0.1, 0.15) is 41.6 Å². The van der Waals surface area contributed by atoms with Gasteiger partial charge in [0, 0.05) is 11.2 Å². The van der Waals surface area contributed by atoms with E-state index in [1.54, 1.807) is 0 Å². The van der Waals surface area contributed by atoms with E-state index in [1.807, 2.05) is 52.8 Å². The maximum Gasteiger partial charge on any atom is 0.321 e. The van der Waals surface area contributed by atoms with E-state index >= 15 is 0 Å². The Morgan fingerprint density at radius 1 is 1.08 bits per heavy atom. The Hall–Kier alpha value is -2.41. The Balaban J connectivity index is 2.05. The third-order valence-electron chi connectivity index (χ3n) is 3.16. The molecule has 3 amide bonds. The molecule has 6 nitrogen and oxygen atoms in total. The third-order valence-corrected chi connectivity index (χ3v) is 4.07. The second-order valence-electron chi connectivity index (χ2n) is 6.58. The normalized spacial score (nSPS) is 11.0. The van der Waals surface area contributed by atoms with E-state index in [0.29, 0.717) is 10.0 Å². The smallest absolute Gasteiger partial charge is 0.321 e. The van der Waals surface area contributed by atoms with Crippen molar-refractivity contribution in [2.45, 2.75) is 40.2 Å². The van der Waals surface area contributed by atoms with Crippen molar-refractivity contribution in [2.24, 2.45) is 0 Å². The Morgan fingerprint density at radius 2 is 1.71 bits per heavy atom. The van der Waals surface area contributed by atoms with Crippen LogP contribution in [0.15, 0.2) is 24.4 Å². The molecule has 0 unspecified atom stereocenters. The lowest BCUT2D eigenvalue weighted by Gasteiger charge is -2.20. The number of nitrogens with zero attached hydrogens (tertiary/aromatic N) is 1. The van der Waals surface area contributed by atoms with Gasteiger partial charge < -0.3 is 10.6 Å². The maximum atomic E-state index is 12.4. The molecule has 0 aliphatic carbocycles. The Bertz CT molecular complexity index is 742. The van der Waals surface area contributed by atoms with Gasteiger partial charge in [-0.15, -0.1) is 0 Å².